The van der Waals surface area contributed by atoms with Crippen molar-refractivity contribution < 1.29 is 9.26 Å². The Morgan fingerprint density at radius 1 is 1.24 bits per heavy atom. The topological polar surface area (TPSA) is 38.5 Å². The first kappa shape index (κ1) is 14.3. The van der Waals surface area contributed by atoms with E-state index in [1.165, 1.54) is 12.8 Å². The molecule has 2 heterocycles. The number of aromatic nitrogens is 1. The molecule has 0 amide bonds. The van der Waals surface area contributed by atoms with Crippen LogP contribution < -0.4 is 0 Å². The Morgan fingerprint density at radius 2 is 2.10 bits per heavy atom. The number of ether oxygens (including phenoxy) is 1. The largest absolute Gasteiger partial charge is 0.377 e. The van der Waals surface area contributed by atoms with E-state index in [-0.39, 0.29) is 0 Å². The molecule has 0 N–H and O–H groups in total. The third kappa shape index (κ3) is 3.93. The van der Waals surface area contributed by atoms with Crippen LogP contribution in [0.15, 0.2) is 40.9 Å². The van der Waals surface area contributed by atoms with E-state index < -0.39 is 0 Å². The minimum absolute atomic E-state index is 0.361. The predicted molar refractivity (Wildman–Crippen MR) is 81.9 cm³/mol. The van der Waals surface area contributed by atoms with Crippen molar-refractivity contribution in [2.45, 2.75) is 31.9 Å². The smallest absolute Gasteiger partial charge is 0.151 e. The molecule has 0 radical (unpaired) electrons. The summed E-state index contributed by atoms with van der Waals surface area (Å²) >= 11 is 0. The van der Waals surface area contributed by atoms with Crippen molar-refractivity contribution in [1.82, 2.24) is 10.1 Å². The molecule has 112 valence electrons. The van der Waals surface area contributed by atoms with E-state index in [1.807, 2.05) is 36.4 Å². The van der Waals surface area contributed by atoms with Crippen LogP contribution in [0.2, 0.25) is 0 Å². The zero-order chi connectivity index (χ0) is 14.5. The van der Waals surface area contributed by atoms with Crippen LogP contribution >= 0.6 is 0 Å². The molecular formula is C17H22N2O2. The lowest BCUT2D eigenvalue weighted by Gasteiger charge is -2.26. The molecule has 1 atom stereocenters. The first-order chi connectivity index (χ1) is 10.3. The molecule has 3 rings (SSSR count). The Kier molecular flexibility index (Phi) is 4.68. The lowest BCUT2D eigenvalue weighted by Crippen LogP contribution is -2.32. The molecule has 1 aromatic heterocycles. The highest BCUT2D eigenvalue weighted by molar-refractivity contribution is 5.58. The van der Waals surface area contributed by atoms with Gasteiger partial charge in [0.1, 0.15) is 5.69 Å². The van der Waals surface area contributed by atoms with Gasteiger partial charge in [-0.25, -0.2) is 0 Å². The Morgan fingerprint density at radius 3 is 2.86 bits per heavy atom. The second-order valence-electron chi connectivity index (χ2n) is 5.73. The van der Waals surface area contributed by atoms with Gasteiger partial charge in [-0.1, -0.05) is 35.5 Å². The first-order valence-corrected chi connectivity index (χ1v) is 7.62. The minimum Gasteiger partial charge on any atom is -0.377 e. The van der Waals surface area contributed by atoms with E-state index in [0.29, 0.717) is 6.10 Å². The summed E-state index contributed by atoms with van der Waals surface area (Å²) in [7, 11) is 2.10. The first-order valence-electron chi connectivity index (χ1n) is 7.62. The van der Waals surface area contributed by atoms with Crippen molar-refractivity contribution in [3.63, 3.8) is 0 Å². The predicted octanol–water partition coefficient (Wildman–Crippen LogP) is 3.34. The van der Waals surface area contributed by atoms with Gasteiger partial charge in [0.25, 0.3) is 0 Å². The molecule has 2 aromatic rings. The quantitative estimate of drug-likeness (QED) is 0.845. The summed E-state index contributed by atoms with van der Waals surface area (Å²) in [5, 5.41) is 4.15. The van der Waals surface area contributed by atoms with Crippen molar-refractivity contribution in [2.75, 3.05) is 20.2 Å². The van der Waals surface area contributed by atoms with E-state index in [1.54, 1.807) is 0 Å². The summed E-state index contributed by atoms with van der Waals surface area (Å²) in [5.74, 6) is 0.896. The van der Waals surface area contributed by atoms with Crippen LogP contribution in [-0.2, 0) is 11.3 Å². The third-order valence-corrected chi connectivity index (χ3v) is 3.84. The molecular weight excluding hydrogens is 264 g/mol. The van der Waals surface area contributed by atoms with E-state index in [4.69, 9.17) is 9.26 Å². The van der Waals surface area contributed by atoms with Crippen LogP contribution in [0.1, 0.15) is 25.0 Å². The number of likely N-dealkylation sites (N-methyl/N-ethyl adjacent to an activating group) is 1. The van der Waals surface area contributed by atoms with E-state index in [0.717, 1.165) is 43.1 Å². The Balaban J connectivity index is 1.56. The fourth-order valence-electron chi connectivity index (χ4n) is 2.76. The van der Waals surface area contributed by atoms with E-state index >= 15 is 0 Å². The van der Waals surface area contributed by atoms with Crippen LogP contribution in [-0.4, -0.2) is 36.4 Å². The zero-order valence-corrected chi connectivity index (χ0v) is 12.5. The molecule has 1 saturated heterocycles. The van der Waals surface area contributed by atoms with Gasteiger partial charge in [-0.15, -0.1) is 0 Å². The van der Waals surface area contributed by atoms with Crippen molar-refractivity contribution in [1.29, 1.82) is 0 Å². The minimum atomic E-state index is 0.361. The molecule has 0 spiro atoms. The van der Waals surface area contributed by atoms with Gasteiger partial charge in [0.2, 0.25) is 0 Å². The van der Waals surface area contributed by atoms with Crippen molar-refractivity contribution in [3.8, 4) is 11.3 Å². The highest BCUT2D eigenvalue weighted by atomic mass is 16.5. The standard InChI is InChI=1S/C17H22N2O2/c1-19(12-15-9-5-6-10-20-15)13-16-11-17(18-21-16)14-7-3-2-4-8-14/h2-4,7-8,11,15H,5-6,9-10,12-13H2,1H3/t15-/m1/s1. The van der Waals surface area contributed by atoms with Crippen LogP contribution in [0.3, 0.4) is 0 Å². The Labute approximate surface area is 125 Å². The lowest BCUT2D eigenvalue weighted by atomic mass is 10.1. The normalized spacial score (nSPS) is 19.0. The monoisotopic (exact) mass is 286 g/mol. The molecule has 1 aromatic carbocycles. The van der Waals surface area contributed by atoms with E-state index in [2.05, 4.69) is 17.1 Å². The molecule has 4 nitrogen and oxygen atoms in total. The molecule has 0 aliphatic carbocycles. The number of benzene rings is 1. The average molecular weight is 286 g/mol. The van der Waals surface area contributed by atoms with E-state index in [9.17, 15) is 0 Å². The highest BCUT2D eigenvalue weighted by Crippen LogP contribution is 2.20. The lowest BCUT2D eigenvalue weighted by molar-refractivity contribution is -0.00359. The number of hydrogen-bond acceptors (Lipinski definition) is 4. The molecule has 1 aliphatic rings. The van der Waals surface area contributed by atoms with Crippen molar-refractivity contribution >= 4 is 0 Å². The van der Waals surface area contributed by atoms with Gasteiger partial charge in [-0.05, 0) is 26.3 Å². The summed E-state index contributed by atoms with van der Waals surface area (Å²) < 4.78 is 11.2. The summed E-state index contributed by atoms with van der Waals surface area (Å²) in [5.41, 5.74) is 1.98. The van der Waals surface area contributed by atoms with Gasteiger partial charge >= 0.3 is 0 Å². The van der Waals surface area contributed by atoms with Gasteiger partial charge in [0.15, 0.2) is 5.76 Å². The van der Waals surface area contributed by atoms with Crippen molar-refractivity contribution in [2.24, 2.45) is 0 Å². The summed E-state index contributed by atoms with van der Waals surface area (Å²) in [6.07, 6.45) is 4.00. The van der Waals surface area contributed by atoms with Gasteiger partial charge in [-0.2, -0.15) is 0 Å². The molecule has 1 aliphatic heterocycles. The second-order valence-corrected chi connectivity index (χ2v) is 5.73. The molecule has 21 heavy (non-hydrogen) atoms. The maximum Gasteiger partial charge on any atom is 0.151 e. The maximum atomic E-state index is 5.77. The third-order valence-electron chi connectivity index (χ3n) is 3.84. The SMILES string of the molecule is CN(Cc1cc(-c2ccccc2)no1)C[C@H]1CCCCO1. The molecule has 4 heteroatoms. The zero-order valence-electron chi connectivity index (χ0n) is 12.5. The van der Waals surface area contributed by atoms with Crippen molar-refractivity contribution in [3.05, 3.63) is 42.2 Å². The maximum absolute atomic E-state index is 5.77. The molecule has 0 bridgehead atoms. The summed E-state index contributed by atoms with van der Waals surface area (Å²) in [6.45, 7) is 2.61. The van der Waals surface area contributed by atoms with Crippen LogP contribution in [0, 0.1) is 0 Å². The number of nitrogens with zero attached hydrogens (tertiary/aromatic N) is 2. The average Bonchev–Trinajstić information content (AvgIpc) is 2.97. The molecule has 1 fully saturated rings. The second kappa shape index (κ2) is 6.87. The Hall–Kier alpha value is -1.65. The summed E-state index contributed by atoms with van der Waals surface area (Å²) in [6, 6.07) is 12.1. The van der Waals surface area contributed by atoms with Crippen LogP contribution in [0.4, 0.5) is 0 Å². The van der Waals surface area contributed by atoms with Gasteiger partial charge < -0.3 is 9.26 Å². The fourth-order valence-corrected chi connectivity index (χ4v) is 2.76. The van der Waals surface area contributed by atoms with Gasteiger partial charge in [0.05, 0.1) is 12.6 Å². The number of hydrogen-bond donors (Lipinski definition) is 0. The molecule has 0 unspecified atom stereocenters. The summed E-state index contributed by atoms with van der Waals surface area (Å²) in [4.78, 5) is 2.24. The van der Waals surface area contributed by atoms with Crippen LogP contribution in [0.5, 0.6) is 0 Å². The highest BCUT2D eigenvalue weighted by Gasteiger charge is 2.17. The van der Waals surface area contributed by atoms with Crippen LogP contribution in [0.25, 0.3) is 11.3 Å². The number of rotatable bonds is 5. The Bertz CT molecular complexity index is 547. The fraction of sp³-hybridized carbons (Fsp3) is 0.471. The van der Waals surface area contributed by atoms with Gasteiger partial charge in [0, 0.05) is 24.8 Å². The van der Waals surface area contributed by atoms with Gasteiger partial charge in [-0.3, -0.25) is 4.90 Å². The molecule has 0 saturated carbocycles.